The fourth-order valence-corrected chi connectivity index (χ4v) is 2.58. The first-order valence-corrected chi connectivity index (χ1v) is 6.23. The van der Waals surface area contributed by atoms with Gasteiger partial charge in [-0.2, -0.15) is 0 Å². The Morgan fingerprint density at radius 3 is 3.06 bits per heavy atom. The number of hydrogen-bond donors (Lipinski definition) is 1. The lowest BCUT2D eigenvalue weighted by Crippen LogP contribution is -2.27. The number of carboxylic acid groups (broad SMARTS) is 1. The molecule has 1 aromatic heterocycles. The van der Waals surface area contributed by atoms with Crippen LogP contribution in [0.3, 0.4) is 0 Å². The first kappa shape index (κ1) is 13.1. The molecule has 5 nitrogen and oxygen atoms in total. The average Bonchev–Trinajstić information content (AvgIpc) is 2.87. The van der Waals surface area contributed by atoms with Gasteiger partial charge in [-0.3, -0.25) is 4.90 Å². The summed E-state index contributed by atoms with van der Waals surface area (Å²) in [7, 11) is 4.14. The molecule has 0 bridgehead atoms. The fraction of sp³-hybridized carbons (Fsp3) is 0.615. The number of nitrogens with zero attached hydrogens (tertiary/aromatic N) is 2. The number of furan rings is 1. The third-order valence-corrected chi connectivity index (χ3v) is 3.45. The van der Waals surface area contributed by atoms with Gasteiger partial charge in [-0.25, -0.2) is 4.79 Å². The lowest BCUT2D eigenvalue weighted by atomic mass is 10.1. The van der Waals surface area contributed by atoms with Crippen molar-refractivity contribution < 1.29 is 14.3 Å². The summed E-state index contributed by atoms with van der Waals surface area (Å²) >= 11 is 0. The van der Waals surface area contributed by atoms with Crippen molar-refractivity contribution in [2.75, 3.05) is 33.7 Å². The zero-order chi connectivity index (χ0) is 13.1. The topological polar surface area (TPSA) is 56.9 Å². The van der Waals surface area contributed by atoms with Crippen molar-refractivity contribution in [3.63, 3.8) is 0 Å². The van der Waals surface area contributed by atoms with Crippen LogP contribution in [-0.4, -0.2) is 54.6 Å². The summed E-state index contributed by atoms with van der Waals surface area (Å²) in [5.41, 5.74) is 0.269. The van der Waals surface area contributed by atoms with Crippen molar-refractivity contribution in [1.82, 2.24) is 9.80 Å². The van der Waals surface area contributed by atoms with Crippen LogP contribution >= 0.6 is 0 Å². The van der Waals surface area contributed by atoms with Crippen molar-refractivity contribution in [3.05, 3.63) is 23.7 Å². The van der Waals surface area contributed by atoms with Crippen molar-refractivity contribution >= 4 is 5.97 Å². The Morgan fingerprint density at radius 1 is 1.67 bits per heavy atom. The van der Waals surface area contributed by atoms with Gasteiger partial charge >= 0.3 is 5.97 Å². The molecule has 100 valence electrons. The second-order valence-corrected chi connectivity index (χ2v) is 5.18. The van der Waals surface area contributed by atoms with E-state index in [1.807, 2.05) is 7.05 Å². The fourth-order valence-electron chi connectivity index (χ4n) is 2.58. The molecular formula is C13H20N2O3. The van der Waals surface area contributed by atoms with Crippen LogP contribution in [0.15, 0.2) is 16.7 Å². The minimum Gasteiger partial charge on any atom is -0.478 e. The standard InChI is InChI=1S/C13H20N2O3/c1-14-5-3-10(7-14)8-15(2)9-12-11(13(16)17)4-6-18-12/h4,6,10H,3,5,7-9H2,1-2H3,(H,16,17). The minimum atomic E-state index is -0.923. The Kier molecular flexibility index (Phi) is 4.04. The molecule has 18 heavy (non-hydrogen) atoms. The van der Waals surface area contributed by atoms with Gasteiger partial charge in [0.25, 0.3) is 0 Å². The van der Waals surface area contributed by atoms with Crippen LogP contribution < -0.4 is 0 Å². The van der Waals surface area contributed by atoms with E-state index in [0.717, 1.165) is 19.6 Å². The van der Waals surface area contributed by atoms with Gasteiger partial charge in [-0.1, -0.05) is 0 Å². The number of aromatic carboxylic acids is 1. The predicted molar refractivity (Wildman–Crippen MR) is 67.6 cm³/mol. The molecule has 0 radical (unpaired) electrons. The molecule has 1 aliphatic heterocycles. The molecule has 0 saturated carbocycles. The molecule has 1 atom stereocenters. The summed E-state index contributed by atoms with van der Waals surface area (Å²) in [6.45, 7) is 3.80. The van der Waals surface area contributed by atoms with Gasteiger partial charge in [0.1, 0.15) is 11.3 Å². The molecule has 1 saturated heterocycles. The normalized spacial score (nSPS) is 20.7. The summed E-state index contributed by atoms with van der Waals surface area (Å²) in [4.78, 5) is 15.4. The maximum Gasteiger partial charge on any atom is 0.339 e. The SMILES string of the molecule is CN1CCC(CN(C)Cc2occc2C(=O)O)C1. The highest BCUT2D eigenvalue weighted by Gasteiger charge is 2.22. The van der Waals surface area contributed by atoms with Crippen LogP contribution in [0.25, 0.3) is 0 Å². The van der Waals surface area contributed by atoms with E-state index in [0.29, 0.717) is 18.2 Å². The Hall–Kier alpha value is -1.33. The highest BCUT2D eigenvalue weighted by atomic mass is 16.4. The van der Waals surface area contributed by atoms with Crippen molar-refractivity contribution in [1.29, 1.82) is 0 Å². The number of likely N-dealkylation sites (tertiary alicyclic amines) is 1. The van der Waals surface area contributed by atoms with E-state index in [2.05, 4.69) is 16.8 Å². The van der Waals surface area contributed by atoms with E-state index in [9.17, 15) is 4.79 Å². The largest absolute Gasteiger partial charge is 0.478 e. The highest BCUT2D eigenvalue weighted by molar-refractivity contribution is 5.88. The molecule has 1 unspecified atom stereocenters. The van der Waals surface area contributed by atoms with Crippen molar-refractivity contribution in [2.24, 2.45) is 5.92 Å². The molecule has 0 aliphatic carbocycles. The maximum absolute atomic E-state index is 11.0. The van der Waals surface area contributed by atoms with Crippen molar-refractivity contribution in [2.45, 2.75) is 13.0 Å². The van der Waals surface area contributed by atoms with Crippen LogP contribution in [-0.2, 0) is 6.54 Å². The summed E-state index contributed by atoms with van der Waals surface area (Å²) in [6, 6.07) is 1.51. The summed E-state index contributed by atoms with van der Waals surface area (Å²) in [5, 5.41) is 9.00. The average molecular weight is 252 g/mol. The van der Waals surface area contributed by atoms with Gasteiger partial charge in [-0.05, 0) is 39.0 Å². The molecule has 0 aromatic carbocycles. The second-order valence-electron chi connectivity index (χ2n) is 5.18. The number of rotatable bonds is 5. The predicted octanol–water partition coefficient (Wildman–Crippen LogP) is 1.36. The van der Waals surface area contributed by atoms with Gasteiger partial charge in [-0.15, -0.1) is 0 Å². The van der Waals surface area contributed by atoms with E-state index in [1.54, 1.807) is 0 Å². The first-order chi connectivity index (χ1) is 8.56. The molecule has 1 aromatic rings. The van der Waals surface area contributed by atoms with E-state index in [1.165, 1.54) is 18.8 Å². The van der Waals surface area contributed by atoms with Gasteiger partial charge in [0.2, 0.25) is 0 Å². The Morgan fingerprint density at radius 2 is 2.44 bits per heavy atom. The Labute approximate surface area is 107 Å². The van der Waals surface area contributed by atoms with Crippen LogP contribution in [0.1, 0.15) is 22.5 Å². The Bertz CT molecular complexity index is 416. The second kappa shape index (κ2) is 5.54. The summed E-state index contributed by atoms with van der Waals surface area (Å²) in [6.07, 6.45) is 2.65. The van der Waals surface area contributed by atoms with Crippen LogP contribution in [0.5, 0.6) is 0 Å². The zero-order valence-corrected chi connectivity index (χ0v) is 10.9. The van der Waals surface area contributed by atoms with Crippen molar-refractivity contribution in [3.8, 4) is 0 Å². The number of hydrogen-bond acceptors (Lipinski definition) is 4. The molecule has 5 heteroatoms. The molecule has 1 N–H and O–H groups in total. The zero-order valence-electron chi connectivity index (χ0n) is 10.9. The van der Waals surface area contributed by atoms with Crippen LogP contribution in [0.4, 0.5) is 0 Å². The van der Waals surface area contributed by atoms with Crippen LogP contribution in [0, 0.1) is 5.92 Å². The Balaban J connectivity index is 1.88. The van der Waals surface area contributed by atoms with Gasteiger partial charge in [0.15, 0.2) is 0 Å². The maximum atomic E-state index is 11.0. The molecule has 0 spiro atoms. The third kappa shape index (κ3) is 3.11. The number of carbonyl (C=O) groups is 1. The summed E-state index contributed by atoms with van der Waals surface area (Å²) < 4.78 is 5.25. The molecule has 1 fully saturated rings. The molecular weight excluding hydrogens is 232 g/mol. The lowest BCUT2D eigenvalue weighted by Gasteiger charge is -2.20. The smallest absolute Gasteiger partial charge is 0.339 e. The number of carboxylic acids is 1. The van der Waals surface area contributed by atoms with E-state index in [4.69, 9.17) is 9.52 Å². The van der Waals surface area contributed by atoms with E-state index in [-0.39, 0.29) is 5.56 Å². The first-order valence-electron chi connectivity index (χ1n) is 6.23. The van der Waals surface area contributed by atoms with Gasteiger partial charge in [0.05, 0.1) is 12.8 Å². The molecule has 0 amide bonds. The highest BCUT2D eigenvalue weighted by Crippen LogP contribution is 2.18. The molecule has 2 rings (SSSR count). The lowest BCUT2D eigenvalue weighted by molar-refractivity contribution is 0.0693. The minimum absolute atomic E-state index is 0.269. The quantitative estimate of drug-likeness (QED) is 0.857. The van der Waals surface area contributed by atoms with Gasteiger partial charge < -0.3 is 14.4 Å². The van der Waals surface area contributed by atoms with Crippen LogP contribution in [0.2, 0.25) is 0 Å². The van der Waals surface area contributed by atoms with E-state index < -0.39 is 5.97 Å². The summed E-state index contributed by atoms with van der Waals surface area (Å²) in [5.74, 6) is 0.285. The van der Waals surface area contributed by atoms with Gasteiger partial charge in [0, 0.05) is 13.1 Å². The monoisotopic (exact) mass is 252 g/mol. The molecule has 2 heterocycles. The molecule has 1 aliphatic rings. The van der Waals surface area contributed by atoms with E-state index >= 15 is 0 Å². The third-order valence-electron chi connectivity index (χ3n) is 3.45.